The number of rotatable bonds is 1. The normalized spacial score (nSPS) is 6.40. The van der Waals surface area contributed by atoms with E-state index in [2.05, 4.69) is 5.25 Å². The van der Waals surface area contributed by atoms with Crippen LogP contribution in [0, 0.1) is 11.7 Å². The van der Waals surface area contributed by atoms with Crippen molar-refractivity contribution in [3.8, 4) is 11.7 Å². The zero-order valence-corrected chi connectivity index (χ0v) is 4.14. The van der Waals surface area contributed by atoms with Gasteiger partial charge in [0.25, 0.3) is 0 Å². The molecule has 0 rings (SSSR count). The van der Waals surface area contributed by atoms with Gasteiger partial charge in [0.05, 0.1) is 5.21 Å². The fourth-order valence-corrected chi connectivity index (χ4v) is 0.283. The second kappa shape index (κ2) is 4.20. The number of terminal acetylenes is 1. The molecule has 0 aromatic heterocycles. The van der Waals surface area contributed by atoms with Gasteiger partial charge in [0.2, 0.25) is 0 Å². The van der Waals surface area contributed by atoms with Crippen molar-refractivity contribution < 1.29 is 0 Å². The van der Waals surface area contributed by atoms with Crippen molar-refractivity contribution in [3.63, 3.8) is 0 Å². The van der Waals surface area contributed by atoms with Crippen LogP contribution in [0.15, 0.2) is 0 Å². The first kappa shape index (κ1) is 5.20. The molecule has 0 saturated heterocycles. The van der Waals surface area contributed by atoms with Crippen LogP contribution in [-0.4, -0.2) is 5.21 Å². The molecular weight excluding hydrogens is 104 g/mol. The molecule has 0 heterocycles. The van der Waals surface area contributed by atoms with Crippen molar-refractivity contribution in [3.05, 3.63) is 0 Å². The Labute approximate surface area is 40.9 Å². The number of halogens is 1. The minimum Gasteiger partial charge on any atom is -0.114 e. The number of hydrogen-bond acceptors (Lipinski definition) is 1. The summed E-state index contributed by atoms with van der Waals surface area (Å²) in [5.41, 5.74) is 0. The minimum absolute atomic E-state index is 0.497. The molecule has 5 heavy (non-hydrogen) atoms. The molecular formula is C3H3ClS. The standard InChI is InChI=1S/C3H3ClS/c1-2-5-3-4/h1H,3H2. The molecule has 0 saturated carbocycles. The summed E-state index contributed by atoms with van der Waals surface area (Å²) in [6.45, 7) is 0. The highest BCUT2D eigenvalue weighted by atomic mass is 35.5. The summed E-state index contributed by atoms with van der Waals surface area (Å²) in [7, 11) is 0. The van der Waals surface area contributed by atoms with Gasteiger partial charge in [0, 0.05) is 0 Å². The first-order chi connectivity index (χ1) is 2.41. The average Bonchev–Trinajstić information content (AvgIpc) is 1.41. The lowest BCUT2D eigenvalue weighted by atomic mass is 11.4. The summed E-state index contributed by atoms with van der Waals surface area (Å²) in [5, 5.41) is 2.80. The van der Waals surface area contributed by atoms with Crippen LogP contribution in [0.25, 0.3) is 0 Å². The first-order valence-corrected chi connectivity index (χ1v) is 2.57. The van der Waals surface area contributed by atoms with E-state index in [1.54, 1.807) is 0 Å². The summed E-state index contributed by atoms with van der Waals surface area (Å²) in [5.74, 6) is 0. The lowest BCUT2D eigenvalue weighted by Crippen LogP contribution is -1.45. The average molecular weight is 107 g/mol. The molecule has 0 spiro atoms. The maximum absolute atomic E-state index is 5.12. The largest absolute Gasteiger partial charge is 0.114 e. The highest BCUT2D eigenvalue weighted by Crippen LogP contribution is 1.95. The second-order valence-electron chi connectivity index (χ2n) is 0.371. The van der Waals surface area contributed by atoms with Crippen LogP contribution in [0.2, 0.25) is 0 Å². The first-order valence-electron chi connectivity index (χ1n) is 1.05. The van der Waals surface area contributed by atoms with Crippen LogP contribution in [0.4, 0.5) is 0 Å². The van der Waals surface area contributed by atoms with Crippen molar-refractivity contribution >= 4 is 23.4 Å². The highest BCUT2D eigenvalue weighted by Gasteiger charge is 1.64. The van der Waals surface area contributed by atoms with Gasteiger partial charge in [-0.2, -0.15) is 0 Å². The van der Waals surface area contributed by atoms with Crippen LogP contribution < -0.4 is 0 Å². The molecule has 0 aromatic carbocycles. The topological polar surface area (TPSA) is 0 Å². The molecule has 0 radical (unpaired) electrons. The summed E-state index contributed by atoms with van der Waals surface area (Å²) < 4.78 is 0. The van der Waals surface area contributed by atoms with Gasteiger partial charge in [-0.05, 0) is 5.25 Å². The van der Waals surface area contributed by atoms with Gasteiger partial charge in [-0.3, -0.25) is 0 Å². The van der Waals surface area contributed by atoms with Crippen molar-refractivity contribution in [1.29, 1.82) is 0 Å². The quantitative estimate of drug-likeness (QED) is 0.361. The molecule has 0 N–H and O–H groups in total. The Morgan fingerprint density at radius 2 is 2.60 bits per heavy atom. The second-order valence-corrected chi connectivity index (χ2v) is 1.77. The summed E-state index contributed by atoms with van der Waals surface area (Å²) >= 11 is 6.38. The predicted octanol–water partition coefficient (Wildman–Crippen LogP) is 1.51. The molecule has 0 aliphatic carbocycles. The van der Waals surface area contributed by atoms with E-state index in [-0.39, 0.29) is 0 Å². The summed E-state index contributed by atoms with van der Waals surface area (Å²) in [6, 6.07) is 0. The third-order valence-electron chi connectivity index (χ3n) is 0.138. The van der Waals surface area contributed by atoms with Crippen LogP contribution in [-0.2, 0) is 0 Å². The van der Waals surface area contributed by atoms with Gasteiger partial charge in [-0.25, -0.2) is 0 Å². The third kappa shape index (κ3) is 4.20. The van der Waals surface area contributed by atoms with E-state index in [9.17, 15) is 0 Å². The smallest absolute Gasteiger partial charge is 0.0803 e. The molecule has 28 valence electrons. The zero-order chi connectivity index (χ0) is 4.12. The monoisotopic (exact) mass is 106 g/mol. The molecule has 0 unspecified atom stereocenters. The van der Waals surface area contributed by atoms with Gasteiger partial charge in [-0.1, -0.05) is 11.8 Å². The number of thioether (sulfide) groups is 1. The fourth-order valence-electron chi connectivity index (χ4n) is 0.0315. The lowest BCUT2D eigenvalue weighted by Gasteiger charge is -1.67. The van der Waals surface area contributed by atoms with Crippen LogP contribution in [0.1, 0.15) is 0 Å². The summed E-state index contributed by atoms with van der Waals surface area (Å²) in [6.07, 6.45) is 4.77. The number of hydrogen-bond donors (Lipinski definition) is 0. The van der Waals surface area contributed by atoms with Crippen molar-refractivity contribution in [1.82, 2.24) is 0 Å². The van der Waals surface area contributed by atoms with E-state index in [0.717, 1.165) is 0 Å². The summed E-state index contributed by atoms with van der Waals surface area (Å²) in [4.78, 5) is 0. The molecule has 0 amide bonds. The van der Waals surface area contributed by atoms with E-state index in [4.69, 9.17) is 18.0 Å². The van der Waals surface area contributed by atoms with Crippen LogP contribution >= 0.6 is 23.4 Å². The Bertz CT molecular complexity index is 45.3. The Morgan fingerprint density at radius 3 is 2.60 bits per heavy atom. The number of alkyl halides is 1. The molecule has 0 aliphatic rings. The SMILES string of the molecule is C#CSCCl. The maximum Gasteiger partial charge on any atom is 0.0803 e. The molecule has 0 nitrogen and oxygen atoms in total. The van der Waals surface area contributed by atoms with E-state index in [1.165, 1.54) is 11.8 Å². The Kier molecular flexibility index (Phi) is 4.37. The Hall–Kier alpha value is 0.200. The van der Waals surface area contributed by atoms with Crippen LogP contribution in [0.5, 0.6) is 0 Å². The fraction of sp³-hybridized carbons (Fsp3) is 0.333. The Balaban J connectivity index is 2.48. The lowest BCUT2D eigenvalue weighted by molar-refractivity contribution is 2.26. The van der Waals surface area contributed by atoms with E-state index < -0.39 is 0 Å². The van der Waals surface area contributed by atoms with E-state index in [1.807, 2.05) is 0 Å². The van der Waals surface area contributed by atoms with Gasteiger partial charge >= 0.3 is 0 Å². The van der Waals surface area contributed by atoms with Crippen molar-refractivity contribution in [2.75, 3.05) is 5.21 Å². The zero-order valence-electron chi connectivity index (χ0n) is 2.57. The van der Waals surface area contributed by atoms with Gasteiger partial charge < -0.3 is 0 Å². The molecule has 0 bridgehead atoms. The molecule has 0 atom stereocenters. The maximum atomic E-state index is 5.12. The minimum atomic E-state index is 0.497. The van der Waals surface area contributed by atoms with Crippen molar-refractivity contribution in [2.24, 2.45) is 0 Å². The van der Waals surface area contributed by atoms with E-state index >= 15 is 0 Å². The molecule has 0 fully saturated rings. The predicted molar refractivity (Wildman–Crippen MR) is 27.1 cm³/mol. The van der Waals surface area contributed by atoms with Crippen molar-refractivity contribution in [2.45, 2.75) is 0 Å². The third-order valence-corrected chi connectivity index (χ3v) is 0.741. The van der Waals surface area contributed by atoms with E-state index in [0.29, 0.717) is 5.21 Å². The van der Waals surface area contributed by atoms with Gasteiger partial charge in [0.1, 0.15) is 0 Å². The van der Waals surface area contributed by atoms with Gasteiger partial charge in [0.15, 0.2) is 0 Å². The molecule has 2 heteroatoms. The highest BCUT2D eigenvalue weighted by molar-refractivity contribution is 8.04. The van der Waals surface area contributed by atoms with Gasteiger partial charge in [-0.15, -0.1) is 18.0 Å². The van der Waals surface area contributed by atoms with Crippen LogP contribution in [0.3, 0.4) is 0 Å². The Morgan fingerprint density at radius 1 is 2.00 bits per heavy atom. The molecule has 0 aromatic rings. The molecule has 0 aliphatic heterocycles.